The number of carbonyl (C=O) groups excluding carboxylic acids is 1. The minimum atomic E-state index is -0.0656. The van der Waals surface area contributed by atoms with Gasteiger partial charge >= 0.3 is 0 Å². The van der Waals surface area contributed by atoms with Crippen LogP contribution in [0.4, 0.5) is 0 Å². The van der Waals surface area contributed by atoms with Gasteiger partial charge in [-0.25, -0.2) is 4.68 Å². The largest absolute Gasteiger partial charge is 0.384 e. The molecule has 5 heteroatoms. The van der Waals surface area contributed by atoms with Gasteiger partial charge in [-0.1, -0.05) is 0 Å². The summed E-state index contributed by atoms with van der Waals surface area (Å²) < 4.78 is 7.32. The third-order valence-electron chi connectivity index (χ3n) is 5.83. The Kier molecular flexibility index (Phi) is 4.34. The van der Waals surface area contributed by atoms with Crippen LogP contribution >= 0.6 is 0 Å². The highest BCUT2D eigenvalue weighted by molar-refractivity contribution is 5.94. The first-order valence-electron chi connectivity index (χ1n) is 9.10. The molecule has 0 radical (unpaired) electrons. The Hall–Kier alpha value is -2.14. The quantitative estimate of drug-likeness (QED) is 0.932. The maximum absolute atomic E-state index is 11.7. The van der Waals surface area contributed by atoms with Gasteiger partial charge in [-0.15, -0.1) is 0 Å². The molecule has 3 atom stereocenters. The Balaban J connectivity index is 1.50. The maximum atomic E-state index is 11.7. The molecule has 1 saturated carbocycles. The lowest BCUT2D eigenvalue weighted by molar-refractivity contribution is 0.0963. The normalized spacial score (nSPS) is 24.6. The third-order valence-corrected chi connectivity index (χ3v) is 5.83. The number of hydrogen-bond acceptors (Lipinski definition) is 3. The number of carbonyl (C=O) groups is 1. The van der Waals surface area contributed by atoms with Gasteiger partial charge in [-0.2, -0.15) is 5.10 Å². The summed E-state index contributed by atoms with van der Waals surface area (Å²) in [7, 11) is 3.45. The SMILES string of the molecule is CNC(=O)c1ccc(-n2cc3c(n2)CCC2C(CC3)C2COC)cc1. The van der Waals surface area contributed by atoms with Gasteiger partial charge in [0.1, 0.15) is 0 Å². The van der Waals surface area contributed by atoms with E-state index in [1.54, 1.807) is 14.2 Å². The van der Waals surface area contributed by atoms with E-state index in [0.717, 1.165) is 42.9 Å². The minimum Gasteiger partial charge on any atom is -0.384 e. The van der Waals surface area contributed by atoms with Crippen molar-refractivity contribution in [3.05, 3.63) is 47.3 Å². The van der Waals surface area contributed by atoms with E-state index < -0.39 is 0 Å². The first-order valence-corrected chi connectivity index (χ1v) is 9.10. The number of methoxy groups -OCH3 is 1. The molecule has 5 nitrogen and oxygen atoms in total. The predicted octanol–water partition coefficient (Wildman–Crippen LogP) is 2.62. The van der Waals surface area contributed by atoms with Crippen LogP contribution in [0.25, 0.3) is 5.69 Å². The molecule has 2 aromatic rings. The average molecular weight is 339 g/mol. The van der Waals surface area contributed by atoms with Crippen molar-refractivity contribution in [3.63, 3.8) is 0 Å². The number of nitrogens with zero attached hydrogens (tertiary/aromatic N) is 2. The molecular weight excluding hydrogens is 314 g/mol. The topological polar surface area (TPSA) is 56.2 Å². The van der Waals surface area contributed by atoms with Gasteiger partial charge in [0.2, 0.25) is 0 Å². The molecule has 2 aliphatic rings. The maximum Gasteiger partial charge on any atom is 0.251 e. The Morgan fingerprint density at radius 1 is 1.24 bits per heavy atom. The molecule has 1 aromatic heterocycles. The van der Waals surface area contributed by atoms with E-state index in [1.807, 2.05) is 28.9 Å². The fraction of sp³-hybridized carbons (Fsp3) is 0.500. The molecule has 0 spiro atoms. The summed E-state index contributed by atoms with van der Waals surface area (Å²) in [5.41, 5.74) is 4.27. The van der Waals surface area contributed by atoms with Crippen LogP contribution in [-0.4, -0.2) is 36.5 Å². The lowest BCUT2D eigenvalue weighted by Gasteiger charge is -2.06. The molecular formula is C20H25N3O2. The van der Waals surface area contributed by atoms with Gasteiger partial charge in [-0.3, -0.25) is 4.79 Å². The number of aryl methyl sites for hydroxylation is 2. The number of benzene rings is 1. The first-order chi connectivity index (χ1) is 12.2. The molecule has 0 bridgehead atoms. The van der Waals surface area contributed by atoms with Crippen molar-refractivity contribution in [2.75, 3.05) is 20.8 Å². The molecule has 25 heavy (non-hydrogen) atoms. The standard InChI is InChI=1S/C20H25N3O2/c1-21-20(24)13-3-6-15(7-4-13)23-11-14-5-8-16-17(18(16)12-25-2)9-10-19(14)22-23/h3-4,6-7,11,16-18H,5,8-10,12H2,1-2H3,(H,21,24). The van der Waals surface area contributed by atoms with Crippen LogP contribution in [0.5, 0.6) is 0 Å². The van der Waals surface area contributed by atoms with Gasteiger partial charge in [-0.05, 0) is 73.3 Å². The number of rotatable bonds is 4. The molecule has 1 heterocycles. The van der Waals surface area contributed by atoms with Gasteiger partial charge in [0, 0.05) is 32.5 Å². The summed E-state index contributed by atoms with van der Waals surface area (Å²) in [6.07, 6.45) is 6.79. The molecule has 0 aliphatic heterocycles. The average Bonchev–Trinajstić information content (AvgIpc) is 3.10. The van der Waals surface area contributed by atoms with Crippen molar-refractivity contribution in [2.45, 2.75) is 25.7 Å². The van der Waals surface area contributed by atoms with Crippen LogP contribution in [0.1, 0.15) is 34.5 Å². The molecule has 132 valence electrons. The highest BCUT2D eigenvalue weighted by Crippen LogP contribution is 2.52. The molecule has 1 aromatic carbocycles. The first kappa shape index (κ1) is 16.3. The highest BCUT2D eigenvalue weighted by Gasteiger charge is 2.49. The minimum absolute atomic E-state index is 0.0656. The molecule has 1 fully saturated rings. The van der Waals surface area contributed by atoms with Crippen LogP contribution < -0.4 is 5.32 Å². The highest BCUT2D eigenvalue weighted by atomic mass is 16.5. The fourth-order valence-corrected chi connectivity index (χ4v) is 4.35. The van der Waals surface area contributed by atoms with Crippen molar-refractivity contribution in [1.82, 2.24) is 15.1 Å². The zero-order valence-corrected chi connectivity index (χ0v) is 14.9. The molecule has 4 rings (SSSR count). The summed E-state index contributed by atoms with van der Waals surface area (Å²) in [4.78, 5) is 11.7. The van der Waals surface area contributed by atoms with E-state index in [4.69, 9.17) is 9.84 Å². The summed E-state index contributed by atoms with van der Waals surface area (Å²) in [6, 6.07) is 7.60. The number of hydrogen-bond donors (Lipinski definition) is 1. The zero-order valence-electron chi connectivity index (χ0n) is 14.9. The van der Waals surface area contributed by atoms with E-state index in [-0.39, 0.29) is 5.91 Å². The van der Waals surface area contributed by atoms with Crippen LogP contribution in [0.15, 0.2) is 30.5 Å². The van der Waals surface area contributed by atoms with E-state index >= 15 is 0 Å². The smallest absolute Gasteiger partial charge is 0.251 e. The van der Waals surface area contributed by atoms with E-state index in [0.29, 0.717) is 5.56 Å². The summed E-state index contributed by atoms with van der Waals surface area (Å²) in [5.74, 6) is 2.36. The van der Waals surface area contributed by atoms with Crippen LogP contribution in [0.3, 0.4) is 0 Å². The van der Waals surface area contributed by atoms with Gasteiger partial charge < -0.3 is 10.1 Å². The van der Waals surface area contributed by atoms with E-state index in [9.17, 15) is 4.79 Å². The molecule has 2 aliphatic carbocycles. The van der Waals surface area contributed by atoms with Crippen molar-refractivity contribution in [3.8, 4) is 5.69 Å². The molecule has 1 N–H and O–H groups in total. The molecule has 3 unspecified atom stereocenters. The summed E-state index contributed by atoms with van der Waals surface area (Å²) in [6.45, 7) is 0.907. The van der Waals surface area contributed by atoms with Crippen molar-refractivity contribution >= 4 is 5.91 Å². The second-order valence-corrected chi connectivity index (χ2v) is 7.20. The number of ether oxygens (including phenoxy) is 1. The Bertz CT molecular complexity index is 734. The Labute approximate surface area is 148 Å². The number of amides is 1. The van der Waals surface area contributed by atoms with Crippen molar-refractivity contribution < 1.29 is 9.53 Å². The van der Waals surface area contributed by atoms with Crippen LogP contribution in [0, 0.1) is 17.8 Å². The van der Waals surface area contributed by atoms with Gasteiger partial charge in [0.25, 0.3) is 5.91 Å². The molecule has 0 saturated heterocycles. The lowest BCUT2D eigenvalue weighted by Crippen LogP contribution is -2.17. The van der Waals surface area contributed by atoms with Crippen LogP contribution in [0.2, 0.25) is 0 Å². The van der Waals surface area contributed by atoms with Crippen molar-refractivity contribution in [2.24, 2.45) is 17.8 Å². The Morgan fingerprint density at radius 2 is 1.96 bits per heavy atom. The second-order valence-electron chi connectivity index (χ2n) is 7.20. The summed E-state index contributed by atoms with van der Waals surface area (Å²) in [5, 5.41) is 7.47. The monoisotopic (exact) mass is 339 g/mol. The number of nitrogens with one attached hydrogen (secondary N) is 1. The fourth-order valence-electron chi connectivity index (χ4n) is 4.35. The Morgan fingerprint density at radius 3 is 2.64 bits per heavy atom. The lowest BCUT2D eigenvalue weighted by atomic mass is 9.99. The zero-order chi connectivity index (χ0) is 17.4. The number of aromatic nitrogens is 2. The number of fused-ring (bicyclic) bond motifs is 2. The van der Waals surface area contributed by atoms with E-state index in [1.165, 1.54) is 24.1 Å². The van der Waals surface area contributed by atoms with Gasteiger partial charge in [0.15, 0.2) is 0 Å². The van der Waals surface area contributed by atoms with Gasteiger partial charge in [0.05, 0.1) is 11.4 Å². The second kappa shape index (κ2) is 6.64. The van der Waals surface area contributed by atoms with E-state index in [2.05, 4.69) is 11.5 Å². The van der Waals surface area contributed by atoms with Crippen LogP contribution in [-0.2, 0) is 17.6 Å². The third kappa shape index (κ3) is 3.09. The predicted molar refractivity (Wildman–Crippen MR) is 95.9 cm³/mol. The molecule has 1 amide bonds. The summed E-state index contributed by atoms with van der Waals surface area (Å²) >= 11 is 0. The van der Waals surface area contributed by atoms with Crippen molar-refractivity contribution in [1.29, 1.82) is 0 Å².